The first-order valence-corrected chi connectivity index (χ1v) is 15.6. The molecular weight excluding hydrogens is 564 g/mol. The second-order valence-electron chi connectivity index (χ2n) is 12.1. The van der Waals surface area contributed by atoms with Gasteiger partial charge in [0.25, 0.3) is 0 Å². The van der Waals surface area contributed by atoms with Crippen LogP contribution in [0.5, 0.6) is 0 Å². The molecule has 11 aromatic rings. The number of rotatable bonds is 2. The summed E-state index contributed by atoms with van der Waals surface area (Å²) in [6.07, 6.45) is 0. The molecular formula is C42H24N2O2. The number of fused-ring (bicyclic) bond motifs is 12. The third-order valence-corrected chi connectivity index (χ3v) is 9.71. The molecule has 0 spiro atoms. The van der Waals surface area contributed by atoms with Gasteiger partial charge in [0.15, 0.2) is 0 Å². The Morgan fingerprint density at radius 2 is 0.696 bits per heavy atom. The molecule has 0 aliphatic rings. The lowest BCUT2D eigenvalue weighted by molar-refractivity contribution is 0.668. The zero-order chi connectivity index (χ0) is 29.9. The van der Waals surface area contributed by atoms with Crippen LogP contribution in [-0.4, -0.2) is 9.13 Å². The molecule has 214 valence electrons. The van der Waals surface area contributed by atoms with Gasteiger partial charge in [0.05, 0.1) is 22.1 Å². The zero-order valence-corrected chi connectivity index (χ0v) is 24.6. The third kappa shape index (κ3) is 3.12. The number of hydrogen-bond donors (Lipinski definition) is 0. The number of benzene rings is 7. The van der Waals surface area contributed by atoms with Crippen molar-refractivity contribution in [2.24, 2.45) is 0 Å². The summed E-state index contributed by atoms with van der Waals surface area (Å²) in [6.45, 7) is 0. The van der Waals surface area contributed by atoms with Gasteiger partial charge in [-0.15, -0.1) is 0 Å². The van der Waals surface area contributed by atoms with Gasteiger partial charge in [0, 0.05) is 66.6 Å². The highest BCUT2D eigenvalue weighted by Gasteiger charge is 2.20. The molecule has 0 saturated carbocycles. The van der Waals surface area contributed by atoms with Crippen molar-refractivity contribution in [3.8, 4) is 11.4 Å². The van der Waals surface area contributed by atoms with Gasteiger partial charge in [-0.25, -0.2) is 0 Å². The van der Waals surface area contributed by atoms with Crippen LogP contribution in [0.15, 0.2) is 154 Å². The average Bonchev–Trinajstić information content (AvgIpc) is 3.84. The summed E-state index contributed by atoms with van der Waals surface area (Å²) in [5.74, 6) is 0. The molecule has 11 rings (SSSR count). The van der Waals surface area contributed by atoms with Gasteiger partial charge in [-0.05, 0) is 60.7 Å². The van der Waals surface area contributed by atoms with E-state index in [4.69, 9.17) is 8.83 Å². The largest absolute Gasteiger partial charge is 0.456 e. The van der Waals surface area contributed by atoms with Crippen LogP contribution in [0.2, 0.25) is 0 Å². The van der Waals surface area contributed by atoms with Crippen LogP contribution >= 0.6 is 0 Å². The number of hydrogen-bond acceptors (Lipinski definition) is 2. The minimum Gasteiger partial charge on any atom is -0.456 e. The highest BCUT2D eigenvalue weighted by atomic mass is 16.3. The van der Waals surface area contributed by atoms with E-state index in [0.29, 0.717) is 0 Å². The summed E-state index contributed by atoms with van der Waals surface area (Å²) in [6, 6.07) is 51.8. The Balaban J connectivity index is 1.24. The molecule has 0 N–H and O–H groups in total. The maximum atomic E-state index is 6.33. The zero-order valence-electron chi connectivity index (χ0n) is 24.6. The third-order valence-electron chi connectivity index (χ3n) is 9.71. The summed E-state index contributed by atoms with van der Waals surface area (Å²) in [7, 11) is 0. The standard InChI is InChI=1S/C42H24N2O2/c1-5-13-35-27(9-1)33-23-34-28-10-2-6-14-36(28)44(26-18-20-32-30-12-4-8-16-40(30)46-42(32)22-26)38(34)24-37(33)43(35)25-17-19-31-29-11-3-7-15-39(29)45-41(31)21-25/h1-24H. The predicted octanol–water partition coefficient (Wildman–Crippen LogP) is 11.7. The van der Waals surface area contributed by atoms with Crippen LogP contribution in [0.25, 0.3) is 98.9 Å². The van der Waals surface area contributed by atoms with E-state index in [-0.39, 0.29) is 0 Å². The van der Waals surface area contributed by atoms with Crippen LogP contribution in [0.3, 0.4) is 0 Å². The van der Waals surface area contributed by atoms with Crippen molar-refractivity contribution >= 4 is 87.5 Å². The fraction of sp³-hybridized carbons (Fsp3) is 0. The average molecular weight is 589 g/mol. The predicted molar refractivity (Wildman–Crippen MR) is 190 cm³/mol. The van der Waals surface area contributed by atoms with E-state index in [2.05, 4.69) is 130 Å². The van der Waals surface area contributed by atoms with Crippen LogP contribution in [0.1, 0.15) is 0 Å². The number of para-hydroxylation sites is 4. The number of aromatic nitrogens is 2. The highest BCUT2D eigenvalue weighted by Crippen LogP contribution is 2.41. The number of furan rings is 2. The van der Waals surface area contributed by atoms with Gasteiger partial charge in [0.1, 0.15) is 22.3 Å². The first-order chi connectivity index (χ1) is 22.8. The highest BCUT2D eigenvalue weighted by molar-refractivity contribution is 6.19. The van der Waals surface area contributed by atoms with Gasteiger partial charge in [-0.1, -0.05) is 72.8 Å². The first-order valence-electron chi connectivity index (χ1n) is 15.6. The van der Waals surface area contributed by atoms with E-state index in [0.717, 1.165) is 66.3 Å². The molecule has 4 heterocycles. The van der Waals surface area contributed by atoms with Crippen LogP contribution in [0.4, 0.5) is 0 Å². The molecule has 7 aromatic carbocycles. The van der Waals surface area contributed by atoms with E-state index >= 15 is 0 Å². The van der Waals surface area contributed by atoms with Crippen molar-refractivity contribution in [1.29, 1.82) is 0 Å². The molecule has 0 fully saturated rings. The maximum Gasteiger partial charge on any atom is 0.137 e. The smallest absolute Gasteiger partial charge is 0.137 e. The molecule has 4 heteroatoms. The molecule has 0 amide bonds. The van der Waals surface area contributed by atoms with E-state index in [1.54, 1.807) is 0 Å². The van der Waals surface area contributed by atoms with Gasteiger partial charge in [-0.2, -0.15) is 0 Å². The Labute approximate surface area is 261 Å². The molecule has 4 nitrogen and oxygen atoms in total. The lowest BCUT2D eigenvalue weighted by Crippen LogP contribution is -1.95. The van der Waals surface area contributed by atoms with Crippen molar-refractivity contribution in [2.45, 2.75) is 0 Å². The van der Waals surface area contributed by atoms with Crippen molar-refractivity contribution < 1.29 is 8.83 Å². The van der Waals surface area contributed by atoms with Crippen LogP contribution < -0.4 is 0 Å². The lowest BCUT2D eigenvalue weighted by Gasteiger charge is -2.10. The Hall–Kier alpha value is -6.26. The van der Waals surface area contributed by atoms with Crippen molar-refractivity contribution in [3.63, 3.8) is 0 Å². The normalized spacial score (nSPS) is 12.3. The number of nitrogens with zero attached hydrogens (tertiary/aromatic N) is 2. The second-order valence-corrected chi connectivity index (χ2v) is 12.1. The quantitative estimate of drug-likeness (QED) is 0.201. The van der Waals surface area contributed by atoms with E-state index in [9.17, 15) is 0 Å². The molecule has 4 aromatic heterocycles. The molecule has 0 radical (unpaired) electrons. The molecule has 0 unspecified atom stereocenters. The molecule has 0 aliphatic heterocycles. The van der Waals surface area contributed by atoms with Gasteiger partial charge in [0.2, 0.25) is 0 Å². The molecule has 0 saturated heterocycles. The Kier molecular flexibility index (Phi) is 4.55. The van der Waals surface area contributed by atoms with E-state index in [1.807, 2.05) is 24.3 Å². The monoisotopic (exact) mass is 588 g/mol. The van der Waals surface area contributed by atoms with Gasteiger partial charge >= 0.3 is 0 Å². The fourth-order valence-electron chi connectivity index (χ4n) is 7.69. The van der Waals surface area contributed by atoms with Crippen molar-refractivity contribution in [1.82, 2.24) is 9.13 Å². The van der Waals surface area contributed by atoms with E-state index in [1.165, 1.54) is 32.6 Å². The summed E-state index contributed by atoms with van der Waals surface area (Å²) < 4.78 is 17.4. The first kappa shape index (κ1) is 24.1. The summed E-state index contributed by atoms with van der Waals surface area (Å²) >= 11 is 0. The summed E-state index contributed by atoms with van der Waals surface area (Å²) in [4.78, 5) is 0. The second kappa shape index (κ2) is 8.68. The van der Waals surface area contributed by atoms with Crippen molar-refractivity contribution in [2.75, 3.05) is 0 Å². The minimum atomic E-state index is 0.888. The summed E-state index contributed by atoms with van der Waals surface area (Å²) in [5.41, 5.74) is 10.4. The minimum absolute atomic E-state index is 0.888. The van der Waals surface area contributed by atoms with Crippen molar-refractivity contribution in [3.05, 3.63) is 146 Å². The Morgan fingerprint density at radius 3 is 1.20 bits per heavy atom. The van der Waals surface area contributed by atoms with Crippen LogP contribution in [0, 0.1) is 0 Å². The molecule has 0 atom stereocenters. The lowest BCUT2D eigenvalue weighted by atomic mass is 10.1. The van der Waals surface area contributed by atoms with E-state index < -0.39 is 0 Å². The molecule has 0 bridgehead atoms. The topological polar surface area (TPSA) is 36.1 Å². The van der Waals surface area contributed by atoms with Crippen LogP contribution in [-0.2, 0) is 0 Å². The Morgan fingerprint density at radius 1 is 0.283 bits per heavy atom. The maximum absolute atomic E-state index is 6.33. The fourth-order valence-corrected chi connectivity index (χ4v) is 7.69. The SMILES string of the molecule is c1ccc2c(c1)oc1cc(-n3c4ccccc4c4cc5c6ccccc6n(-c6ccc7c(c6)oc6ccccc67)c5cc43)ccc12. The molecule has 46 heavy (non-hydrogen) atoms. The van der Waals surface area contributed by atoms with Gasteiger partial charge < -0.3 is 18.0 Å². The summed E-state index contributed by atoms with van der Waals surface area (Å²) in [5, 5.41) is 9.44. The Bertz CT molecular complexity index is 2840. The van der Waals surface area contributed by atoms with Gasteiger partial charge in [-0.3, -0.25) is 0 Å². The molecule has 0 aliphatic carbocycles.